The molecule has 0 saturated heterocycles. The number of anilines is 3. The Kier molecular flexibility index (Phi) is 6.34. The fraction of sp³-hybridized carbons (Fsp3) is 0.200. The number of nitrogens with zero attached hydrogens (tertiary/aromatic N) is 2. The van der Waals surface area contributed by atoms with E-state index in [0.29, 0.717) is 16.4 Å². The summed E-state index contributed by atoms with van der Waals surface area (Å²) in [5.74, 6) is -0.601. The van der Waals surface area contributed by atoms with Crippen molar-refractivity contribution in [3.8, 4) is 0 Å². The van der Waals surface area contributed by atoms with Gasteiger partial charge in [-0.05, 0) is 18.2 Å². The number of aromatic nitrogens is 2. The summed E-state index contributed by atoms with van der Waals surface area (Å²) in [6.07, 6.45) is -3.97. The van der Waals surface area contributed by atoms with Gasteiger partial charge in [0.05, 0.1) is 23.4 Å². The normalized spacial score (nSPS) is 11.1. The Labute approximate surface area is 159 Å². The molecule has 0 spiro atoms. The lowest BCUT2D eigenvalue weighted by atomic mass is 10.2. The molecule has 0 fully saturated rings. The Hall–Kier alpha value is -2.44. The van der Waals surface area contributed by atoms with E-state index in [1.165, 1.54) is 12.1 Å². The molecule has 0 aliphatic rings. The summed E-state index contributed by atoms with van der Waals surface area (Å²) in [5, 5.41) is 4.98. The lowest BCUT2D eigenvalue weighted by Crippen LogP contribution is -2.23. The quantitative estimate of drug-likeness (QED) is 0.334. The van der Waals surface area contributed by atoms with Gasteiger partial charge in [0.2, 0.25) is 11.9 Å². The molecule has 1 aromatic carbocycles. The van der Waals surface area contributed by atoms with Crippen LogP contribution in [-0.4, -0.2) is 28.7 Å². The van der Waals surface area contributed by atoms with Crippen LogP contribution in [-0.2, 0) is 15.4 Å². The van der Waals surface area contributed by atoms with Crippen LogP contribution in [0.25, 0.3) is 0 Å². The third-order valence-electron chi connectivity index (χ3n) is 3.18. The summed E-state index contributed by atoms with van der Waals surface area (Å²) in [5.41, 5.74) is 5.26. The number of nitrogens with one attached hydrogen (secondary N) is 2. The van der Waals surface area contributed by atoms with E-state index in [1.807, 2.05) is 22.6 Å². The summed E-state index contributed by atoms with van der Waals surface area (Å²) in [7, 11) is 0. The first-order valence-electron chi connectivity index (χ1n) is 7.13. The van der Waals surface area contributed by atoms with E-state index in [-0.39, 0.29) is 29.6 Å². The monoisotopic (exact) mass is 479 g/mol. The highest BCUT2D eigenvalue weighted by molar-refractivity contribution is 14.1. The molecule has 7 nitrogen and oxygen atoms in total. The SMILES string of the molecule is Nc1nc(CI)c(C=O)c(NCC(=O)Nc2cccc(C(F)(F)F)c2)n1. The first-order valence-corrected chi connectivity index (χ1v) is 8.65. The topological polar surface area (TPSA) is 110 Å². The molecule has 0 bridgehead atoms. The molecule has 0 unspecified atom stereocenters. The van der Waals surface area contributed by atoms with Crippen LogP contribution in [0, 0.1) is 0 Å². The van der Waals surface area contributed by atoms with Crippen LogP contribution in [0.3, 0.4) is 0 Å². The number of carbonyl (C=O) groups is 2. The second kappa shape index (κ2) is 8.29. The molecule has 4 N–H and O–H groups in total. The fourth-order valence-electron chi connectivity index (χ4n) is 2.04. The lowest BCUT2D eigenvalue weighted by Gasteiger charge is -2.12. The van der Waals surface area contributed by atoms with Crippen LogP contribution in [0.2, 0.25) is 0 Å². The average Bonchev–Trinajstić information content (AvgIpc) is 2.58. The van der Waals surface area contributed by atoms with Gasteiger partial charge in [-0.3, -0.25) is 9.59 Å². The van der Waals surface area contributed by atoms with Crippen LogP contribution in [0.4, 0.5) is 30.6 Å². The zero-order valence-electron chi connectivity index (χ0n) is 13.1. The number of nitrogens with two attached hydrogens (primary N) is 1. The number of aldehydes is 1. The van der Waals surface area contributed by atoms with Crippen molar-refractivity contribution in [3.63, 3.8) is 0 Å². The molecule has 138 valence electrons. The van der Waals surface area contributed by atoms with Gasteiger partial charge in [0, 0.05) is 10.1 Å². The van der Waals surface area contributed by atoms with Crippen molar-refractivity contribution in [1.82, 2.24) is 9.97 Å². The van der Waals surface area contributed by atoms with Gasteiger partial charge in [-0.25, -0.2) is 4.98 Å². The molecule has 0 saturated carbocycles. The highest BCUT2D eigenvalue weighted by Crippen LogP contribution is 2.30. The number of alkyl halides is 4. The second-order valence-electron chi connectivity index (χ2n) is 5.02. The van der Waals surface area contributed by atoms with Crippen LogP contribution < -0.4 is 16.4 Å². The highest BCUT2D eigenvalue weighted by Gasteiger charge is 2.30. The minimum Gasteiger partial charge on any atom is -0.368 e. The largest absolute Gasteiger partial charge is 0.416 e. The molecule has 2 aromatic rings. The van der Waals surface area contributed by atoms with Crippen molar-refractivity contribution in [3.05, 3.63) is 41.1 Å². The number of benzene rings is 1. The van der Waals surface area contributed by atoms with Crippen LogP contribution in [0.5, 0.6) is 0 Å². The van der Waals surface area contributed by atoms with E-state index in [1.54, 1.807) is 0 Å². The van der Waals surface area contributed by atoms with E-state index < -0.39 is 17.6 Å². The van der Waals surface area contributed by atoms with Crippen LogP contribution >= 0.6 is 22.6 Å². The first-order chi connectivity index (χ1) is 12.2. The summed E-state index contributed by atoms with van der Waals surface area (Å²) >= 11 is 2.00. The summed E-state index contributed by atoms with van der Waals surface area (Å²) in [4.78, 5) is 31.0. The van der Waals surface area contributed by atoms with Gasteiger partial charge in [-0.15, -0.1) is 0 Å². The molecular weight excluding hydrogens is 466 g/mol. The van der Waals surface area contributed by atoms with Gasteiger partial charge in [0.1, 0.15) is 5.82 Å². The van der Waals surface area contributed by atoms with Crippen LogP contribution in [0.15, 0.2) is 24.3 Å². The zero-order chi connectivity index (χ0) is 19.3. The van der Waals surface area contributed by atoms with Crippen molar-refractivity contribution >= 4 is 52.2 Å². The van der Waals surface area contributed by atoms with Gasteiger partial charge >= 0.3 is 6.18 Å². The standard InChI is InChI=1S/C15H13F3IN5O2/c16-15(17,18)8-2-1-3-9(4-8)22-12(26)6-21-13-10(7-25)11(5-19)23-14(20)24-13/h1-4,7H,5-6H2,(H,22,26)(H3,20,21,23,24). The number of rotatable bonds is 6. The first kappa shape index (κ1) is 19.9. The van der Waals surface area contributed by atoms with Gasteiger partial charge in [0.15, 0.2) is 6.29 Å². The Bertz CT molecular complexity index is 829. The average molecular weight is 479 g/mol. The Balaban J connectivity index is 2.08. The molecule has 0 atom stereocenters. The molecule has 1 amide bonds. The zero-order valence-corrected chi connectivity index (χ0v) is 15.3. The number of carbonyl (C=O) groups excluding carboxylic acids is 2. The molecule has 11 heteroatoms. The Morgan fingerprint density at radius 2 is 2.04 bits per heavy atom. The smallest absolute Gasteiger partial charge is 0.368 e. The molecule has 0 radical (unpaired) electrons. The number of nitrogen functional groups attached to an aromatic ring is 1. The molecule has 2 rings (SSSR count). The molecule has 1 heterocycles. The van der Waals surface area contributed by atoms with Gasteiger partial charge < -0.3 is 16.4 Å². The summed E-state index contributed by atoms with van der Waals surface area (Å²) < 4.78 is 38.5. The maximum Gasteiger partial charge on any atom is 0.416 e. The molecule has 26 heavy (non-hydrogen) atoms. The van der Waals surface area contributed by atoms with Crippen LogP contribution in [0.1, 0.15) is 21.6 Å². The predicted octanol–water partition coefficient (Wildman–Crippen LogP) is 2.88. The predicted molar refractivity (Wildman–Crippen MR) is 98.1 cm³/mol. The molecular formula is C15H13F3IN5O2. The van der Waals surface area contributed by atoms with Crippen molar-refractivity contribution in [2.75, 3.05) is 22.9 Å². The van der Waals surface area contributed by atoms with Crippen molar-refractivity contribution in [2.45, 2.75) is 10.6 Å². The molecule has 0 aliphatic carbocycles. The maximum atomic E-state index is 12.7. The van der Waals surface area contributed by atoms with Crippen molar-refractivity contribution in [1.29, 1.82) is 0 Å². The minimum atomic E-state index is -4.51. The van der Waals surface area contributed by atoms with E-state index in [2.05, 4.69) is 20.6 Å². The number of halogens is 4. The van der Waals surface area contributed by atoms with Crippen molar-refractivity contribution < 1.29 is 22.8 Å². The van der Waals surface area contributed by atoms with Crippen molar-refractivity contribution in [2.24, 2.45) is 0 Å². The number of hydrogen-bond acceptors (Lipinski definition) is 6. The molecule has 1 aromatic heterocycles. The van der Waals surface area contributed by atoms with Gasteiger partial charge in [0.25, 0.3) is 0 Å². The van der Waals surface area contributed by atoms with E-state index in [0.717, 1.165) is 12.1 Å². The number of hydrogen-bond donors (Lipinski definition) is 3. The van der Waals surface area contributed by atoms with Gasteiger partial charge in [-0.2, -0.15) is 18.2 Å². The Morgan fingerprint density at radius 1 is 1.31 bits per heavy atom. The van der Waals surface area contributed by atoms with Gasteiger partial charge in [-0.1, -0.05) is 28.7 Å². The summed E-state index contributed by atoms with van der Waals surface area (Å²) in [6.45, 7) is -0.325. The lowest BCUT2D eigenvalue weighted by molar-refractivity contribution is -0.137. The number of amides is 1. The maximum absolute atomic E-state index is 12.7. The third-order valence-corrected chi connectivity index (χ3v) is 3.90. The highest BCUT2D eigenvalue weighted by atomic mass is 127. The van der Waals surface area contributed by atoms with E-state index >= 15 is 0 Å². The minimum absolute atomic E-state index is 0.00242. The second-order valence-corrected chi connectivity index (χ2v) is 5.79. The third kappa shape index (κ3) is 5.03. The Morgan fingerprint density at radius 3 is 2.65 bits per heavy atom. The summed E-state index contributed by atoms with van der Waals surface area (Å²) in [6, 6.07) is 4.25. The van der Waals surface area contributed by atoms with E-state index in [9.17, 15) is 22.8 Å². The fourth-order valence-corrected chi connectivity index (χ4v) is 2.62. The molecule has 0 aliphatic heterocycles. The van der Waals surface area contributed by atoms with E-state index in [4.69, 9.17) is 5.73 Å².